The lowest BCUT2D eigenvalue weighted by Crippen LogP contribution is -2.38. The molecule has 3 N–H and O–H groups in total. The van der Waals surface area contributed by atoms with Crippen molar-refractivity contribution in [3.05, 3.63) is 87.3 Å². The van der Waals surface area contributed by atoms with Crippen LogP contribution in [0.15, 0.2) is 75.5 Å². The minimum atomic E-state index is -0.593. The Balaban J connectivity index is 1.39. The first-order chi connectivity index (χ1) is 18.9. The van der Waals surface area contributed by atoms with E-state index in [1.165, 1.54) is 28.7 Å². The summed E-state index contributed by atoms with van der Waals surface area (Å²) in [6.45, 7) is 2.08. The van der Waals surface area contributed by atoms with E-state index in [1.807, 2.05) is 30.3 Å². The van der Waals surface area contributed by atoms with Crippen molar-refractivity contribution in [2.24, 2.45) is 5.73 Å². The molecule has 1 atom stereocenters. The average molecular weight is 577 g/mol. The number of rotatable bonds is 7. The predicted octanol–water partition coefficient (Wildman–Crippen LogP) is 5.79. The predicted molar refractivity (Wildman–Crippen MR) is 154 cm³/mol. The topological polar surface area (TPSA) is 125 Å². The van der Waals surface area contributed by atoms with Crippen LogP contribution in [0.4, 0.5) is 10.8 Å². The van der Waals surface area contributed by atoms with Crippen LogP contribution in [0.1, 0.15) is 43.2 Å². The van der Waals surface area contributed by atoms with Gasteiger partial charge < -0.3 is 11.1 Å². The molecule has 1 amide bonds. The number of thioether (sulfide) groups is 1. The maximum Gasteiger partial charge on any atom is 0.234 e. The van der Waals surface area contributed by atoms with Crippen LogP contribution < -0.4 is 16.0 Å². The lowest BCUT2D eigenvalue weighted by Gasteiger charge is -2.38. The lowest BCUT2D eigenvalue weighted by molar-refractivity contribution is -0.116. The van der Waals surface area contributed by atoms with E-state index in [0.717, 1.165) is 23.4 Å². The molecule has 2 heterocycles. The van der Waals surface area contributed by atoms with Gasteiger partial charge >= 0.3 is 0 Å². The number of carbonyl (C=O) groups excluding carboxylic acids is 2. The van der Waals surface area contributed by atoms with Crippen LogP contribution in [0.2, 0.25) is 5.02 Å². The maximum absolute atomic E-state index is 13.2. The zero-order valence-electron chi connectivity index (χ0n) is 21.1. The van der Waals surface area contributed by atoms with Crippen LogP contribution in [0.3, 0.4) is 0 Å². The summed E-state index contributed by atoms with van der Waals surface area (Å²) in [6.07, 6.45) is 2.62. The highest BCUT2D eigenvalue weighted by Crippen LogP contribution is 2.47. The third-order valence-corrected chi connectivity index (χ3v) is 8.93. The first kappa shape index (κ1) is 26.9. The quantitative estimate of drug-likeness (QED) is 0.339. The number of hydrogen-bond donors (Lipinski definition) is 2. The largest absolute Gasteiger partial charge is 0.384 e. The zero-order valence-corrected chi connectivity index (χ0v) is 23.5. The highest BCUT2D eigenvalue weighted by atomic mass is 35.5. The number of nitrogens with two attached hydrogens (primary N) is 1. The smallest absolute Gasteiger partial charge is 0.234 e. The van der Waals surface area contributed by atoms with Gasteiger partial charge in [-0.15, -0.1) is 10.2 Å². The van der Waals surface area contributed by atoms with Gasteiger partial charge in [0.2, 0.25) is 11.0 Å². The molecule has 2 aromatic carbocycles. The first-order valence-corrected chi connectivity index (χ1v) is 14.6. The Labute approximate surface area is 239 Å². The normalized spacial score (nSPS) is 17.2. The number of aryl methyl sites for hydroxylation is 1. The second-order valence-electron chi connectivity index (χ2n) is 9.11. The van der Waals surface area contributed by atoms with E-state index in [-0.39, 0.29) is 28.8 Å². The summed E-state index contributed by atoms with van der Waals surface area (Å²) in [5, 5.41) is 22.6. The number of nitrogens with one attached hydrogen (secondary N) is 1. The van der Waals surface area contributed by atoms with Crippen LogP contribution in [0.25, 0.3) is 0 Å². The fraction of sp³-hybridized carbons (Fsp3) is 0.250. The van der Waals surface area contributed by atoms with Crippen molar-refractivity contribution in [3.8, 4) is 6.07 Å². The minimum absolute atomic E-state index is 0.0192. The van der Waals surface area contributed by atoms with Gasteiger partial charge in [-0.05, 0) is 54.7 Å². The van der Waals surface area contributed by atoms with E-state index in [4.69, 9.17) is 17.3 Å². The molecule has 5 rings (SSSR count). The van der Waals surface area contributed by atoms with E-state index in [1.54, 1.807) is 23.1 Å². The molecule has 1 aliphatic heterocycles. The van der Waals surface area contributed by atoms with Crippen LogP contribution in [0.5, 0.6) is 0 Å². The fourth-order valence-electron chi connectivity index (χ4n) is 4.82. The Hall–Kier alpha value is -3.65. The van der Waals surface area contributed by atoms with Crippen molar-refractivity contribution in [1.29, 1.82) is 5.26 Å². The summed E-state index contributed by atoms with van der Waals surface area (Å²) in [6, 6.07) is 17.1. The minimum Gasteiger partial charge on any atom is -0.384 e. The van der Waals surface area contributed by atoms with E-state index >= 15 is 0 Å². The second-order valence-corrected chi connectivity index (χ2v) is 11.7. The van der Waals surface area contributed by atoms with Gasteiger partial charge in [0.25, 0.3) is 0 Å². The highest BCUT2D eigenvalue weighted by molar-refractivity contribution is 8.01. The molecule has 2 aliphatic rings. The first-order valence-electron chi connectivity index (χ1n) is 12.5. The van der Waals surface area contributed by atoms with E-state index in [9.17, 15) is 14.9 Å². The molecule has 0 saturated carbocycles. The van der Waals surface area contributed by atoms with Gasteiger partial charge in [-0.1, -0.05) is 65.9 Å². The summed E-state index contributed by atoms with van der Waals surface area (Å²) in [7, 11) is 0. The SMILES string of the molecule is CCc1ccc(NC(=O)CSc2nnc(N3C(N)=C(C#N)C(c4cccc(Cl)c4)C4=C3CCCC4=O)s2)cc1. The molecule has 39 heavy (non-hydrogen) atoms. The van der Waals surface area contributed by atoms with Crippen LogP contribution in [-0.2, 0) is 16.0 Å². The molecule has 0 fully saturated rings. The Bertz CT molecular complexity index is 1540. The summed E-state index contributed by atoms with van der Waals surface area (Å²) < 4.78 is 0.578. The van der Waals surface area contributed by atoms with Gasteiger partial charge in [0, 0.05) is 28.4 Å². The van der Waals surface area contributed by atoms with Gasteiger partial charge in [0.15, 0.2) is 10.1 Å². The number of Topliss-reactive ketones (excluding diaryl/α,β-unsaturated/α-hetero) is 1. The molecule has 0 radical (unpaired) electrons. The van der Waals surface area contributed by atoms with Crippen molar-refractivity contribution in [1.82, 2.24) is 10.2 Å². The molecule has 1 aliphatic carbocycles. The molecule has 1 aromatic heterocycles. The molecular weight excluding hydrogens is 552 g/mol. The number of anilines is 2. The number of aromatic nitrogens is 2. The average Bonchev–Trinajstić information content (AvgIpc) is 3.40. The summed E-state index contributed by atoms with van der Waals surface area (Å²) in [5.41, 5.74) is 10.8. The number of carbonyl (C=O) groups is 2. The standard InChI is InChI=1S/C28H25ClN6O2S2/c1-2-16-9-11-19(12-10-16)32-23(37)15-38-28-34-33-27(39-28)35-21-7-4-8-22(36)25(21)24(20(14-30)26(35)31)17-5-3-6-18(29)13-17/h3,5-6,9-13,24H,2,4,7-8,15,31H2,1H3,(H,32,37). The van der Waals surface area contributed by atoms with Gasteiger partial charge in [0.1, 0.15) is 5.82 Å². The number of benzene rings is 2. The zero-order chi connectivity index (χ0) is 27.5. The van der Waals surface area contributed by atoms with Gasteiger partial charge in [-0.25, -0.2) is 0 Å². The van der Waals surface area contributed by atoms with Crippen molar-refractivity contribution >= 4 is 57.2 Å². The van der Waals surface area contributed by atoms with Crippen LogP contribution >= 0.6 is 34.7 Å². The Morgan fingerprint density at radius 1 is 1.26 bits per heavy atom. The van der Waals surface area contributed by atoms with Gasteiger partial charge in [-0.3, -0.25) is 14.5 Å². The summed E-state index contributed by atoms with van der Waals surface area (Å²) in [5.74, 6) is -0.393. The molecule has 0 saturated heterocycles. The number of nitrogens with zero attached hydrogens (tertiary/aromatic N) is 4. The third-order valence-electron chi connectivity index (χ3n) is 6.66. The number of hydrogen-bond acceptors (Lipinski definition) is 9. The Morgan fingerprint density at radius 3 is 2.77 bits per heavy atom. The van der Waals surface area contributed by atoms with Crippen molar-refractivity contribution in [3.63, 3.8) is 0 Å². The maximum atomic E-state index is 13.2. The molecule has 0 spiro atoms. The van der Waals surface area contributed by atoms with E-state index < -0.39 is 5.92 Å². The van der Waals surface area contributed by atoms with Gasteiger partial charge in [0.05, 0.1) is 23.3 Å². The summed E-state index contributed by atoms with van der Waals surface area (Å²) in [4.78, 5) is 27.4. The Morgan fingerprint density at radius 2 is 2.05 bits per heavy atom. The number of nitriles is 1. The molecule has 11 heteroatoms. The van der Waals surface area contributed by atoms with Crippen LogP contribution in [0, 0.1) is 11.3 Å². The number of ketones is 1. The molecule has 0 bridgehead atoms. The molecular formula is C28H25ClN6O2S2. The van der Waals surface area contributed by atoms with Crippen molar-refractivity contribution < 1.29 is 9.59 Å². The van der Waals surface area contributed by atoms with E-state index in [2.05, 4.69) is 28.5 Å². The van der Waals surface area contributed by atoms with Crippen molar-refractivity contribution in [2.45, 2.75) is 42.9 Å². The molecule has 3 aromatic rings. The molecule has 198 valence electrons. The van der Waals surface area contributed by atoms with Crippen molar-refractivity contribution in [2.75, 3.05) is 16.0 Å². The fourth-order valence-corrected chi connectivity index (χ4v) is 6.70. The summed E-state index contributed by atoms with van der Waals surface area (Å²) >= 11 is 8.78. The second kappa shape index (κ2) is 11.6. The number of amides is 1. The van der Waals surface area contributed by atoms with E-state index in [0.29, 0.717) is 39.3 Å². The highest BCUT2D eigenvalue weighted by Gasteiger charge is 2.41. The third kappa shape index (κ3) is 5.57. The van der Waals surface area contributed by atoms with Gasteiger partial charge in [-0.2, -0.15) is 5.26 Å². The number of halogens is 1. The monoisotopic (exact) mass is 576 g/mol. The van der Waals surface area contributed by atoms with Crippen LogP contribution in [-0.4, -0.2) is 27.6 Å². The number of allylic oxidation sites excluding steroid dienone is 3. The molecule has 8 nitrogen and oxygen atoms in total. The Kier molecular flexibility index (Phi) is 8.02. The molecule has 1 unspecified atom stereocenters. The lowest BCUT2D eigenvalue weighted by atomic mass is 9.76.